The van der Waals surface area contributed by atoms with Crippen LogP contribution in [0.3, 0.4) is 0 Å². The molecule has 2 fully saturated rings. The topological polar surface area (TPSA) is 65.8 Å². The van der Waals surface area contributed by atoms with Gasteiger partial charge in [0.2, 0.25) is 0 Å². The highest BCUT2D eigenvalue weighted by atomic mass is 16.5. The van der Waals surface area contributed by atoms with Crippen molar-refractivity contribution >= 4 is 5.97 Å². The number of carbonyl (C=O) groups is 1. The van der Waals surface area contributed by atoms with Crippen molar-refractivity contribution in [3.63, 3.8) is 0 Å². The van der Waals surface area contributed by atoms with E-state index in [9.17, 15) is 10.1 Å². The van der Waals surface area contributed by atoms with Gasteiger partial charge in [0.05, 0.1) is 17.7 Å². The van der Waals surface area contributed by atoms with Gasteiger partial charge in [0.15, 0.2) is 0 Å². The molecule has 6 nitrogen and oxygen atoms in total. The van der Waals surface area contributed by atoms with Crippen molar-refractivity contribution in [3.05, 3.63) is 58.7 Å². The minimum absolute atomic E-state index is 0.176. The van der Waals surface area contributed by atoms with E-state index in [0.717, 1.165) is 75.4 Å². The Labute approximate surface area is 183 Å². The van der Waals surface area contributed by atoms with Gasteiger partial charge in [0, 0.05) is 68.8 Å². The average molecular weight is 420 g/mol. The lowest BCUT2D eigenvalue weighted by molar-refractivity contribution is -0.0530. The van der Waals surface area contributed by atoms with E-state index in [2.05, 4.69) is 34.1 Å². The maximum atomic E-state index is 11.6. The Balaban J connectivity index is 1.10. The number of benzene rings is 1. The van der Waals surface area contributed by atoms with Crippen molar-refractivity contribution in [2.45, 2.75) is 25.6 Å². The van der Waals surface area contributed by atoms with Gasteiger partial charge in [0.1, 0.15) is 6.61 Å². The molecule has 5 rings (SSSR count). The Kier molecular flexibility index (Phi) is 5.91. The summed E-state index contributed by atoms with van der Waals surface area (Å²) in [6, 6.07) is 8.47. The molecule has 1 aliphatic carbocycles. The molecule has 3 atom stereocenters. The van der Waals surface area contributed by atoms with Gasteiger partial charge in [-0.2, -0.15) is 5.26 Å². The van der Waals surface area contributed by atoms with Crippen LogP contribution in [0.4, 0.5) is 0 Å². The van der Waals surface area contributed by atoms with Gasteiger partial charge in [0.25, 0.3) is 0 Å². The van der Waals surface area contributed by atoms with Crippen LogP contribution in [-0.4, -0.2) is 67.7 Å². The van der Waals surface area contributed by atoms with Crippen LogP contribution in [0.5, 0.6) is 0 Å². The zero-order valence-corrected chi connectivity index (χ0v) is 17.8. The lowest BCUT2D eigenvalue weighted by Crippen LogP contribution is -2.51. The molecule has 0 N–H and O–H groups in total. The second-order valence-electron chi connectivity index (χ2n) is 8.96. The van der Waals surface area contributed by atoms with Gasteiger partial charge in [-0.05, 0) is 30.5 Å². The molecular weight excluding hydrogens is 390 g/mol. The Bertz CT molecular complexity index is 940. The largest absolute Gasteiger partial charge is 0.457 e. The van der Waals surface area contributed by atoms with Crippen LogP contribution >= 0.6 is 0 Å². The van der Waals surface area contributed by atoms with Crippen LogP contribution in [-0.2, 0) is 22.5 Å². The average Bonchev–Trinajstić information content (AvgIpc) is 3.18. The third-order valence-corrected chi connectivity index (χ3v) is 7.16. The molecule has 0 amide bonds. The molecule has 3 unspecified atom stereocenters. The monoisotopic (exact) mass is 419 g/mol. The number of ether oxygens (including phenoxy) is 2. The highest BCUT2D eigenvalue weighted by Crippen LogP contribution is 2.36. The summed E-state index contributed by atoms with van der Waals surface area (Å²) in [5.41, 5.74) is 3.92. The standard InChI is InChI=1S/C25H29N3O3/c26-15-19-2-1-3-23-21(19)7-13-30-24(23)16-28-11-9-27(10-12-28)8-6-18-4-5-22-20(14-18)17-31-25(22)29/h1-5,14,21,23-24H,6-13,16-17H2. The third-order valence-electron chi connectivity index (χ3n) is 7.16. The second-order valence-corrected chi connectivity index (χ2v) is 8.96. The van der Waals surface area contributed by atoms with Crippen molar-refractivity contribution in [1.29, 1.82) is 5.26 Å². The van der Waals surface area contributed by atoms with Crippen molar-refractivity contribution in [2.24, 2.45) is 11.8 Å². The van der Waals surface area contributed by atoms with Crippen LogP contribution in [0.25, 0.3) is 0 Å². The molecule has 0 spiro atoms. The zero-order valence-electron chi connectivity index (χ0n) is 17.8. The molecule has 4 aliphatic rings. The lowest BCUT2D eigenvalue weighted by atomic mass is 9.76. The number of carbonyl (C=O) groups excluding carboxylic acids is 1. The van der Waals surface area contributed by atoms with E-state index >= 15 is 0 Å². The van der Waals surface area contributed by atoms with Gasteiger partial charge < -0.3 is 14.4 Å². The van der Waals surface area contributed by atoms with Crippen molar-refractivity contribution in [2.75, 3.05) is 45.9 Å². The van der Waals surface area contributed by atoms with E-state index in [0.29, 0.717) is 18.4 Å². The maximum absolute atomic E-state index is 11.6. The summed E-state index contributed by atoms with van der Waals surface area (Å²) in [6.07, 6.45) is 8.34. The van der Waals surface area contributed by atoms with E-state index in [1.54, 1.807) is 0 Å². The number of allylic oxidation sites excluding steroid dienone is 3. The molecule has 162 valence electrons. The molecule has 1 aromatic rings. The Morgan fingerprint density at radius 2 is 2.00 bits per heavy atom. The van der Waals surface area contributed by atoms with Crippen LogP contribution in [0.1, 0.15) is 27.9 Å². The first-order valence-corrected chi connectivity index (χ1v) is 11.3. The lowest BCUT2D eigenvalue weighted by Gasteiger charge is -2.42. The zero-order chi connectivity index (χ0) is 21.2. The summed E-state index contributed by atoms with van der Waals surface area (Å²) in [7, 11) is 0. The minimum Gasteiger partial charge on any atom is -0.457 e. The first kappa shape index (κ1) is 20.4. The van der Waals surface area contributed by atoms with E-state index in [1.165, 1.54) is 5.56 Å². The number of nitrogens with zero attached hydrogens (tertiary/aromatic N) is 3. The first-order chi connectivity index (χ1) is 15.2. The number of piperazine rings is 1. The van der Waals surface area contributed by atoms with Crippen molar-refractivity contribution in [1.82, 2.24) is 9.80 Å². The summed E-state index contributed by atoms with van der Waals surface area (Å²) in [4.78, 5) is 16.6. The third kappa shape index (κ3) is 4.31. The summed E-state index contributed by atoms with van der Waals surface area (Å²) < 4.78 is 11.2. The second kappa shape index (κ2) is 8.96. The first-order valence-electron chi connectivity index (χ1n) is 11.3. The number of nitriles is 1. The van der Waals surface area contributed by atoms with E-state index < -0.39 is 0 Å². The van der Waals surface area contributed by atoms with Gasteiger partial charge in [-0.25, -0.2) is 4.79 Å². The summed E-state index contributed by atoms with van der Waals surface area (Å²) in [6.45, 7) is 7.35. The van der Waals surface area contributed by atoms with E-state index in [-0.39, 0.29) is 12.1 Å². The van der Waals surface area contributed by atoms with Gasteiger partial charge in [-0.15, -0.1) is 0 Å². The van der Waals surface area contributed by atoms with Crippen LogP contribution in [0, 0.1) is 23.2 Å². The molecule has 1 aromatic carbocycles. The molecule has 3 aliphatic heterocycles. The number of fused-ring (bicyclic) bond motifs is 2. The SMILES string of the molecule is N#CC1=CC=CC2C(CN3CCN(CCc4ccc5c(c4)COC5=O)CC3)OCCC12. The number of hydrogen-bond acceptors (Lipinski definition) is 6. The molecule has 0 radical (unpaired) electrons. The molecule has 6 heteroatoms. The highest BCUT2D eigenvalue weighted by Gasteiger charge is 2.37. The molecule has 2 saturated heterocycles. The summed E-state index contributed by atoms with van der Waals surface area (Å²) in [5, 5.41) is 9.43. The fourth-order valence-corrected chi connectivity index (χ4v) is 5.31. The van der Waals surface area contributed by atoms with Crippen molar-refractivity contribution < 1.29 is 14.3 Å². The predicted molar refractivity (Wildman–Crippen MR) is 116 cm³/mol. The maximum Gasteiger partial charge on any atom is 0.338 e. The van der Waals surface area contributed by atoms with Crippen LogP contribution < -0.4 is 0 Å². The number of esters is 1. The normalized spacial score (nSPS) is 28.4. The van der Waals surface area contributed by atoms with Crippen LogP contribution in [0.15, 0.2) is 42.0 Å². The summed E-state index contributed by atoms with van der Waals surface area (Å²) >= 11 is 0. The number of cyclic esters (lactones) is 1. The molecule has 31 heavy (non-hydrogen) atoms. The Morgan fingerprint density at radius 1 is 1.16 bits per heavy atom. The number of hydrogen-bond donors (Lipinski definition) is 0. The summed E-state index contributed by atoms with van der Waals surface area (Å²) in [5.74, 6) is 0.444. The molecule has 0 saturated carbocycles. The quantitative estimate of drug-likeness (QED) is 0.684. The van der Waals surface area contributed by atoms with Gasteiger partial charge in [-0.1, -0.05) is 24.3 Å². The molecule has 0 bridgehead atoms. The van der Waals surface area contributed by atoms with E-state index in [1.807, 2.05) is 18.2 Å². The fraction of sp³-hybridized carbons (Fsp3) is 0.520. The van der Waals surface area contributed by atoms with Crippen molar-refractivity contribution in [3.8, 4) is 6.07 Å². The Morgan fingerprint density at radius 3 is 2.84 bits per heavy atom. The minimum atomic E-state index is -0.200. The van der Waals surface area contributed by atoms with Gasteiger partial charge in [-0.3, -0.25) is 4.90 Å². The molecule has 0 aromatic heterocycles. The van der Waals surface area contributed by atoms with Gasteiger partial charge >= 0.3 is 5.97 Å². The fourth-order valence-electron chi connectivity index (χ4n) is 5.31. The predicted octanol–water partition coefficient (Wildman–Crippen LogP) is 2.56. The molecular formula is C25H29N3O3. The van der Waals surface area contributed by atoms with Crippen LogP contribution in [0.2, 0.25) is 0 Å². The smallest absolute Gasteiger partial charge is 0.338 e. The van der Waals surface area contributed by atoms with E-state index in [4.69, 9.17) is 9.47 Å². The highest BCUT2D eigenvalue weighted by molar-refractivity contribution is 5.93. The number of rotatable bonds is 5. The molecule has 3 heterocycles. The Hall–Kier alpha value is -2.46.